The Balaban J connectivity index is 1.83. The van der Waals surface area contributed by atoms with Crippen LogP contribution in [0.5, 0.6) is 0 Å². The maximum atomic E-state index is 12.6. The predicted molar refractivity (Wildman–Crippen MR) is 106 cm³/mol. The molecule has 136 valence electrons. The van der Waals surface area contributed by atoms with Gasteiger partial charge in [0.05, 0.1) is 27.3 Å². The average molecular weight is 379 g/mol. The molecule has 0 aromatic carbocycles. The van der Waals surface area contributed by atoms with E-state index >= 15 is 0 Å². The first kappa shape index (κ1) is 17.7. The standard InChI is InChI=1S/C21H19ClN4O/c1-12-14(9-15(22)21(25-12)13-5-3-2-4-6-13)17-10-19(27)20-16(26-17)7-8-24-18(20)11-23/h7-10,13H,2-6H2,1H3,(H,26,27). The average Bonchev–Trinajstić information content (AvgIpc) is 2.69. The van der Waals surface area contributed by atoms with Crippen LogP contribution in [-0.4, -0.2) is 15.0 Å². The zero-order valence-corrected chi connectivity index (χ0v) is 15.8. The number of pyridine rings is 3. The summed E-state index contributed by atoms with van der Waals surface area (Å²) in [6, 6.07) is 7.06. The van der Waals surface area contributed by atoms with E-state index in [0.717, 1.165) is 29.8 Å². The molecule has 3 aromatic rings. The van der Waals surface area contributed by atoms with Crippen molar-refractivity contribution in [3.8, 4) is 17.3 Å². The Hall–Kier alpha value is -2.71. The van der Waals surface area contributed by atoms with Crippen molar-refractivity contribution >= 4 is 22.5 Å². The third-order valence-corrected chi connectivity index (χ3v) is 5.63. The number of H-pyrrole nitrogens is 1. The molecule has 0 aliphatic heterocycles. The summed E-state index contributed by atoms with van der Waals surface area (Å²) < 4.78 is 0. The molecule has 0 amide bonds. The van der Waals surface area contributed by atoms with E-state index in [0.29, 0.717) is 27.5 Å². The molecule has 27 heavy (non-hydrogen) atoms. The molecule has 1 aliphatic rings. The minimum atomic E-state index is -0.240. The van der Waals surface area contributed by atoms with Crippen LogP contribution >= 0.6 is 11.6 Å². The highest BCUT2D eigenvalue weighted by Gasteiger charge is 2.21. The van der Waals surface area contributed by atoms with E-state index in [-0.39, 0.29) is 11.1 Å². The molecular weight excluding hydrogens is 360 g/mol. The van der Waals surface area contributed by atoms with Crippen LogP contribution in [0.3, 0.4) is 0 Å². The van der Waals surface area contributed by atoms with E-state index in [1.165, 1.54) is 31.5 Å². The highest BCUT2D eigenvalue weighted by atomic mass is 35.5. The SMILES string of the molecule is Cc1nc(C2CCCCC2)c(Cl)cc1-c1cc(=O)c2c(C#N)nccc2[nH]1. The van der Waals surface area contributed by atoms with Crippen molar-refractivity contribution < 1.29 is 0 Å². The summed E-state index contributed by atoms with van der Waals surface area (Å²) in [5.74, 6) is 0.416. The third kappa shape index (κ3) is 3.22. The Morgan fingerprint density at radius 1 is 1.26 bits per heavy atom. The number of halogens is 1. The zero-order valence-electron chi connectivity index (χ0n) is 15.1. The van der Waals surface area contributed by atoms with Crippen molar-refractivity contribution in [2.24, 2.45) is 0 Å². The number of aryl methyl sites for hydroxylation is 1. The van der Waals surface area contributed by atoms with Gasteiger partial charge in [0.15, 0.2) is 11.1 Å². The number of hydrogen-bond acceptors (Lipinski definition) is 4. The Kier molecular flexibility index (Phi) is 4.67. The van der Waals surface area contributed by atoms with E-state index < -0.39 is 0 Å². The van der Waals surface area contributed by atoms with Gasteiger partial charge in [-0.1, -0.05) is 30.9 Å². The summed E-state index contributed by atoms with van der Waals surface area (Å²) in [5, 5.41) is 10.1. The maximum absolute atomic E-state index is 12.6. The molecule has 1 saturated carbocycles. The van der Waals surface area contributed by atoms with Crippen LogP contribution in [0, 0.1) is 18.3 Å². The van der Waals surface area contributed by atoms with Gasteiger partial charge >= 0.3 is 0 Å². The Labute approximate surface area is 162 Å². The molecular formula is C21H19ClN4O. The van der Waals surface area contributed by atoms with Crippen molar-refractivity contribution in [2.45, 2.75) is 44.9 Å². The molecule has 0 atom stereocenters. The first-order valence-electron chi connectivity index (χ1n) is 9.18. The molecule has 0 unspecified atom stereocenters. The first-order valence-corrected chi connectivity index (χ1v) is 9.56. The lowest BCUT2D eigenvalue weighted by atomic mass is 9.86. The summed E-state index contributed by atoms with van der Waals surface area (Å²) in [6.07, 6.45) is 7.49. The van der Waals surface area contributed by atoms with Crippen molar-refractivity contribution in [1.82, 2.24) is 15.0 Å². The summed E-state index contributed by atoms with van der Waals surface area (Å²) >= 11 is 6.58. The van der Waals surface area contributed by atoms with Crippen LogP contribution in [0.25, 0.3) is 22.2 Å². The largest absolute Gasteiger partial charge is 0.354 e. The van der Waals surface area contributed by atoms with Crippen molar-refractivity contribution in [2.75, 3.05) is 0 Å². The number of hydrogen-bond donors (Lipinski definition) is 1. The van der Waals surface area contributed by atoms with Gasteiger partial charge in [0.2, 0.25) is 0 Å². The molecule has 0 bridgehead atoms. The van der Waals surface area contributed by atoms with E-state index in [9.17, 15) is 10.1 Å². The maximum Gasteiger partial charge on any atom is 0.192 e. The van der Waals surface area contributed by atoms with Crippen LogP contribution < -0.4 is 5.43 Å². The fraction of sp³-hybridized carbons (Fsp3) is 0.333. The highest BCUT2D eigenvalue weighted by molar-refractivity contribution is 6.31. The zero-order chi connectivity index (χ0) is 19.0. The number of aromatic nitrogens is 3. The van der Waals surface area contributed by atoms with Crippen molar-refractivity contribution in [3.05, 3.63) is 56.7 Å². The Morgan fingerprint density at radius 3 is 2.78 bits per heavy atom. The lowest BCUT2D eigenvalue weighted by molar-refractivity contribution is 0.436. The second kappa shape index (κ2) is 7.13. The van der Waals surface area contributed by atoms with Gasteiger partial charge < -0.3 is 4.98 Å². The first-order chi connectivity index (χ1) is 13.1. The van der Waals surface area contributed by atoms with Gasteiger partial charge in [0, 0.05) is 29.4 Å². The van der Waals surface area contributed by atoms with Crippen LogP contribution in [0.2, 0.25) is 5.02 Å². The molecule has 1 N–H and O–H groups in total. The smallest absolute Gasteiger partial charge is 0.192 e. The molecule has 3 heterocycles. The molecule has 6 heteroatoms. The second-order valence-corrected chi connectivity index (χ2v) is 7.47. The van der Waals surface area contributed by atoms with Crippen molar-refractivity contribution in [1.29, 1.82) is 5.26 Å². The van der Waals surface area contributed by atoms with Crippen molar-refractivity contribution in [3.63, 3.8) is 0 Å². The summed E-state index contributed by atoms with van der Waals surface area (Å²) in [4.78, 5) is 24.6. The number of nitrogens with one attached hydrogen (secondary N) is 1. The minimum Gasteiger partial charge on any atom is -0.354 e. The predicted octanol–water partition coefficient (Wildman–Crippen LogP) is 4.87. The molecule has 0 spiro atoms. The summed E-state index contributed by atoms with van der Waals surface area (Å²) in [7, 11) is 0. The lowest BCUT2D eigenvalue weighted by Crippen LogP contribution is -2.10. The molecule has 3 aromatic heterocycles. The normalized spacial score (nSPS) is 15.0. The third-order valence-electron chi connectivity index (χ3n) is 5.32. The fourth-order valence-electron chi connectivity index (χ4n) is 3.96. The monoisotopic (exact) mass is 378 g/mol. The van der Waals surface area contributed by atoms with Gasteiger partial charge in [0.25, 0.3) is 0 Å². The van der Waals surface area contributed by atoms with Gasteiger partial charge in [0.1, 0.15) is 6.07 Å². The second-order valence-electron chi connectivity index (χ2n) is 7.06. The van der Waals surface area contributed by atoms with E-state index in [4.69, 9.17) is 16.6 Å². The Morgan fingerprint density at radius 2 is 2.04 bits per heavy atom. The van der Waals surface area contributed by atoms with E-state index in [1.54, 1.807) is 6.07 Å². The van der Waals surface area contributed by atoms with E-state index in [2.05, 4.69) is 9.97 Å². The van der Waals surface area contributed by atoms with Crippen LogP contribution in [0.15, 0.2) is 29.2 Å². The quantitative estimate of drug-likeness (QED) is 0.689. The molecule has 1 aliphatic carbocycles. The fourth-order valence-corrected chi connectivity index (χ4v) is 4.27. The van der Waals surface area contributed by atoms with Gasteiger partial charge in [-0.15, -0.1) is 0 Å². The lowest BCUT2D eigenvalue weighted by Gasteiger charge is -2.23. The molecule has 4 rings (SSSR count). The van der Waals surface area contributed by atoms with Crippen LogP contribution in [0.1, 0.15) is 55.1 Å². The number of aromatic amines is 1. The summed E-state index contributed by atoms with van der Waals surface area (Å²) in [6.45, 7) is 1.94. The molecule has 0 radical (unpaired) electrons. The molecule has 0 saturated heterocycles. The van der Waals surface area contributed by atoms with Gasteiger partial charge in [-0.05, 0) is 31.9 Å². The number of rotatable bonds is 2. The minimum absolute atomic E-state index is 0.126. The van der Waals surface area contributed by atoms with Gasteiger partial charge in [-0.3, -0.25) is 9.78 Å². The topological polar surface area (TPSA) is 82.4 Å². The van der Waals surface area contributed by atoms with Crippen LogP contribution in [-0.2, 0) is 0 Å². The molecule has 1 fully saturated rings. The summed E-state index contributed by atoms with van der Waals surface area (Å²) in [5.41, 5.74) is 3.71. The Bertz CT molecular complexity index is 1120. The highest BCUT2D eigenvalue weighted by Crippen LogP contribution is 2.37. The van der Waals surface area contributed by atoms with E-state index in [1.807, 2.05) is 19.1 Å². The molecule has 5 nitrogen and oxygen atoms in total. The van der Waals surface area contributed by atoms with Crippen LogP contribution in [0.4, 0.5) is 0 Å². The number of nitrogens with zero attached hydrogens (tertiary/aromatic N) is 3. The van der Waals surface area contributed by atoms with Gasteiger partial charge in [-0.2, -0.15) is 5.26 Å². The number of nitriles is 1. The number of fused-ring (bicyclic) bond motifs is 1. The van der Waals surface area contributed by atoms with Gasteiger partial charge in [-0.25, -0.2) is 4.98 Å².